The number of fused-ring (bicyclic) bond motifs is 1. The molecule has 2 aromatic carbocycles. The van der Waals surface area contributed by atoms with Crippen molar-refractivity contribution in [2.45, 2.75) is 32.9 Å². The number of rotatable bonds is 9. The first kappa shape index (κ1) is 24.4. The summed E-state index contributed by atoms with van der Waals surface area (Å²) in [5.74, 6) is 1.93. The minimum atomic E-state index is -0.516. The van der Waals surface area contributed by atoms with Crippen molar-refractivity contribution in [2.75, 3.05) is 21.3 Å². The van der Waals surface area contributed by atoms with Crippen LogP contribution in [0.4, 0.5) is 0 Å². The monoisotopic (exact) mass is 498 g/mol. The van der Waals surface area contributed by atoms with Gasteiger partial charge in [0.05, 0.1) is 32.9 Å². The number of aromatic amines is 1. The molecule has 0 aliphatic rings. The topological polar surface area (TPSA) is 100 Å². The quantitative estimate of drug-likeness (QED) is 0.373. The molecule has 9 nitrogen and oxygen atoms in total. The zero-order valence-electron chi connectivity index (χ0n) is 20.1. The van der Waals surface area contributed by atoms with Gasteiger partial charge in [0.2, 0.25) is 0 Å². The molecule has 0 atom stereocenters. The average molecular weight is 499 g/mol. The lowest BCUT2D eigenvalue weighted by Gasteiger charge is -2.14. The first-order valence-electron chi connectivity index (χ1n) is 11.2. The number of hydrogen-bond donors (Lipinski definition) is 1. The van der Waals surface area contributed by atoms with E-state index in [4.69, 9.17) is 30.8 Å². The lowest BCUT2D eigenvalue weighted by atomic mass is 10.1. The van der Waals surface area contributed by atoms with Crippen molar-refractivity contribution in [2.24, 2.45) is 0 Å². The van der Waals surface area contributed by atoms with E-state index in [0.717, 1.165) is 18.4 Å². The van der Waals surface area contributed by atoms with Crippen molar-refractivity contribution < 1.29 is 14.2 Å². The molecule has 184 valence electrons. The summed E-state index contributed by atoms with van der Waals surface area (Å²) in [7, 11) is 4.62. The number of imidazole rings is 1. The summed E-state index contributed by atoms with van der Waals surface area (Å²) in [5.41, 5.74) is 1.03. The van der Waals surface area contributed by atoms with Crippen LogP contribution >= 0.6 is 11.6 Å². The molecule has 0 fully saturated rings. The number of hydrogen-bond acceptors (Lipinski definition) is 6. The number of unbranched alkanes of at least 4 members (excludes halogenated alkanes) is 1. The van der Waals surface area contributed by atoms with E-state index in [2.05, 4.69) is 4.98 Å². The second-order valence-corrected chi connectivity index (χ2v) is 8.37. The average Bonchev–Trinajstić information content (AvgIpc) is 3.23. The normalized spacial score (nSPS) is 11.1. The van der Waals surface area contributed by atoms with Crippen LogP contribution in [-0.4, -0.2) is 40.4 Å². The minimum Gasteiger partial charge on any atom is -0.496 e. The van der Waals surface area contributed by atoms with Crippen LogP contribution in [0.1, 0.15) is 25.3 Å². The number of para-hydroxylation sites is 1. The molecular weight excluding hydrogens is 472 g/mol. The van der Waals surface area contributed by atoms with Crippen molar-refractivity contribution in [3.8, 4) is 28.6 Å². The number of methoxy groups -OCH3 is 3. The lowest BCUT2D eigenvalue weighted by Crippen LogP contribution is -2.31. The van der Waals surface area contributed by atoms with Gasteiger partial charge in [-0.3, -0.25) is 14.3 Å². The molecule has 1 N–H and O–H groups in total. The van der Waals surface area contributed by atoms with Gasteiger partial charge in [0.25, 0.3) is 5.56 Å². The van der Waals surface area contributed by atoms with Crippen LogP contribution in [-0.2, 0) is 13.1 Å². The molecule has 0 aliphatic carbocycles. The third kappa shape index (κ3) is 4.51. The highest BCUT2D eigenvalue weighted by Crippen LogP contribution is 2.39. The Labute approximate surface area is 206 Å². The van der Waals surface area contributed by atoms with Gasteiger partial charge in [0.15, 0.2) is 22.7 Å². The standard InChI is InChI=1S/C25H27ClN4O5/c1-5-6-11-29-23-20(24(31)28-25(29)32)30(14-15-9-7-8-10-18(15)33-2)22(27-23)16-12-17(26)21(35-4)19(13-16)34-3/h7-10,12-13H,5-6,11,14H2,1-4H3,(H,28,31,32). The first-order valence-corrected chi connectivity index (χ1v) is 11.6. The van der Waals surface area contributed by atoms with Gasteiger partial charge in [0, 0.05) is 17.7 Å². The molecule has 0 saturated heterocycles. The fourth-order valence-electron chi connectivity index (χ4n) is 4.12. The second-order valence-electron chi connectivity index (χ2n) is 7.96. The Hall–Kier alpha value is -3.72. The van der Waals surface area contributed by atoms with Gasteiger partial charge >= 0.3 is 5.69 Å². The zero-order chi connectivity index (χ0) is 25.1. The van der Waals surface area contributed by atoms with Gasteiger partial charge in [-0.15, -0.1) is 0 Å². The van der Waals surface area contributed by atoms with Gasteiger partial charge in [-0.25, -0.2) is 9.78 Å². The highest BCUT2D eigenvalue weighted by Gasteiger charge is 2.23. The lowest BCUT2D eigenvalue weighted by molar-refractivity contribution is 0.355. The molecule has 2 heterocycles. The Morgan fingerprint density at radius 3 is 2.43 bits per heavy atom. The molecule has 4 rings (SSSR count). The summed E-state index contributed by atoms with van der Waals surface area (Å²) in [5, 5.41) is 0.329. The third-order valence-electron chi connectivity index (χ3n) is 5.83. The molecule has 10 heteroatoms. The zero-order valence-corrected chi connectivity index (χ0v) is 20.8. The largest absolute Gasteiger partial charge is 0.496 e. The Morgan fingerprint density at radius 1 is 1.00 bits per heavy atom. The van der Waals surface area contributed by atoms with Crippen LogP contribution in [0.2, 0.25) is 5.02 Å². The van der Waals surface area contributed by atoms with Crippen molar-refractivity contribution >= 4 is 22.8 Å². The number of aromatic nitrogens is 4. The van der Waals surface area contributed by atoms with E-state index in [0.29, 0.717) is 45.9 Å². The number of nitrogens with one attached hydrogen (secondary N) is 1. The Bertz CT molecular complexity index is 1490. The maximum Gasteiger partial charge on any atom is 0.330 e. The highest BCUT2D eigenvalue weighted by atomic mass is 35.5. The third-order valence-corrected chi connectivity index (χ3v) is 6.11. The molecule has 35 heavy (non-hydrogen) atoms. The summed E-state index contributed by atoms with van der Waals surface area (Å²) in [6.07, 6.45) is 1.64. The molecular formula is C25H27ClN4O5. The van der Waals surface area contributed by atoms with E-state index in [1.807, 2.05) is 31.2 Å². The number of nitrogens with zero attached hydrogens (tertiary/aromatic N) is 3. The maximum atomic E-state index is 13.1. The van der Waals surface area contributed by atoms with Crippen LogP contribution < -0.4 is 25.5 Å². The van der Waals surface area contributed by atoms with E-state index >= 15 is 0 Å². The number of halogens is 1. The van der Waals surface area contributed by atoms with Crippen molar-refractivity contribution in [1.82, 2.24) is 19.1 Å². The maximum absolute atomic E-state index is 13.1. The molecule has 0 unspecified atom stereocenters. The van der Waals surface area contributed by atoms with E-state index in [9.17, 15) is 9.59 Å². The smallest absolute Gasteiger partial charge is 0.330 e. The molecule has 0 aliphatic heterocycles. The molecule has 0 spiro atoms. The van der Waals surface area contributed by atoms with Gasteiger partial charge in [0.1, 0.15) is 11.6 Å². The number of benzene rings is 2. The van der Waals surface area contributed by atoms with Crippen LogP contribution in [0.25, 0.3) is 22.6 Å². The SMILES string of the molecule is CCCCn1c(=O)[nH]c(=O)c2c1nc(-c1cc(Cl)c(OC)c(OC)c1)n2Cc1ccccc1OC. The number of H-pyrrole nitrogens is 1. The van der Waals surface area contributed by atoms with E-state index in [-0.39, 0.29) is 12.1 Å². The van der Waals surface area contributed by atoms with E-state index in [1.165, 1.54) is 18.8 Å². The van der Waals surface area contributed by atoms with Gasteiger partial charge in [-0.2, -0.15) is 0 Å². The fraction of sp³-hybridized carbons (Fsp3) is 0.320. The number of aryl methyl sites for hydroxylation is 1. The molecule has 0 bridgehead atoms. The predicted molar refractivity (Wildman–Crippen MR) is 135 cm³/mol. The minimum absolute atomic E-state index is 0.275. The Morgan fingerprint density at radius 2 is 1.74 bits per heavy atom. The highest BCUT2D eigenvalue weighted by molar-refractivity contribution is 6.32. The molecule has 4 aromatic rings. The Balaban J connectivity index is 2.05. The van der Waals surface area contributed by atoms with Crippen LogP contribution in [0.15, 0.2) is 46.0 Å². The Kier molecular flexibility index (Phi) is 7.16. The van der Waals surface area contributed by atoms with Gasteiger partial charge in [-0.1, -0.05) is 43.1 Å². The van der Waals surface area contributed by atoms with Crippen LogP contribution in [0.5, 0.6) is 17.2 Å². The van der Waals surface area contributed by atoms with Crippen molar-refractivity contribution in [1.29, 1.82) is 0 Å². The van der Waals surface area contributed by atoms with Crippen LogP contribution in [0.3, 0.4) is 0 Å². The summed E-state index contributed by atoms with van der Waals surface area (Å²) in [4.78, 5) is 33.0. The summed E-state index contributed by atoms with van der Waals surface area (Å²) in [6.45, 7) is 2.74. The summed E-state index contributed by atoms with van der Waals surface area (Å²) in [6, 6.07) is 11.0. The second kappa shape index (κ2) is 10.3. The fourth-order valence-corrected chi connectivity index (χ4v) is 4.41. The number of ether oxygens (including phenoxy) is 3. The summed E-state index contributed by atoms with van der Waals surface area (Å²) >= 11 is 6.49. The van der Waals surface area contributed by atoms with E-state index < -0.39 is 11.2 Å². The van der Waals surface area contributed by atoms with Gasteiger partial charge < -0.3 is 18.8 Å². The molecule has 2 aromatic heterocycles. The van der Waals surface area contributed by atoms with Crippen LogP contribution in [0, 0.1) is 0 Å². The first-order chi connectivity index (χ1) is 16.9. The van der Waals surface area contributed by atoms with Gasteiger partial charge in [-0.05, 0) is 24.6 Å². The predicted octanol–water partition coefficient (Wildman–Crippen LogP) is 4.08. The molecule has 0 amide bonds. The molecule has 0 radical (unpaired) electrons. The van der Waals surface area contributed by atoms with E-state index in [1.54, 1.807) is 23.8 Å². The van der Waals surface area contributed by atoms with Crippen molar-refractivity contribution in [3.63, 3.8) is 0 Å². The van der Waals surface area contributed by atoms with Crippen molar-refractivity contribution in [3.05, 3.63) is 67.8 Å². The summed E-state index contributed by atoms with van der Waals surface area (Å²) < 4.78 is 19.7. The molecule has 0 saturated carbocycles.